The van der Waals surface area contributed by atoms with Gasteiger partial charge in [-0.3, -0.25) is 14.4 Å². The molecule has 1 aliphatic rings. The lowest BCUT2D eigenvalue weighted by Gasteiger charge is -2.14. The maximum Gasteiger partial charge on any atom is 0.311 e. The van der Waals surface area contributed by atoms with Gasteiger partial charge in [-0.15, -0.1) is 0 Å². The number of hydrogen-bond acceptors (Lipinski definition) is 3. The van der Waals surface area contributed by atoms with Crippen LogP contribution in [0.15, 0.2) is 48.5 Å². The summed E-state index contributed by atoms with van der Waals surface area (Å²) in [5.41, 5.74) is 2.37. The van der Waals surface area contributed by atoms with E-state index >= 15 is 0 Å². The molecule has 3 rings (SSSR count). The van der Waals surface area contributed by atoms with Crippen molar-refractivity contribution < 1.29 is 19.5 Å². The Morgan fingerprint density at radius 2 is 1.81 bits per heavy atom. The molecule has 0 unspecified atom stereocenters. The van der Waals surface area contributed by atoms with Crippen molar-refractivity contribution in [3.05, 3.63) is 65.2 Å². The molecule has 2 amide bonds. The quantitative estimate of drug-likeness (QED) is 0.702. The number of carboxylic acid groups (broad SMARTS) is 1. The summed E-state index contributed by atoms with van der Waals surface area (Å²) in [7, 11) is 0. The molecule has 0 aliphatic heterocycles. The zero-order valence-corrected chi connectivity index (χ0v) is 15.1. The summed E-state index contributed by atoms with van der Waals surface area (Å²) >= 11 is 0. The highest BCUT2D eigenvalue weighted by molar-refractivity contribution is 5.99. The van der Waals surface area contributed by atoms with Crippen molar-refractivity contribution in [2.24, 2.45) is 0 Å². The van der Waals surface area contributed by atoms with Crippen LogP contribution in [0.5, 0.6) is 0 Å². The first-order valence-corrected chi connectivity index (χ1v) is 8.93. The van der Waals surface area contributed by atoms with Gasteiger partial charge in [0.05, 0.1) is 5.92 Å². The Labute approximate surface area is 157 Å². The van der Waals surface area contributed by atoms with E-state index in [-0.39, 0.29) is 18.4 Å². The minimum Gasteiger partial charge on any atom is -0.481 e. The summed E-state index contributed by atoms with van der Waals surface area (Å²) in [5.74, 6) is -2.55. The van der Waals surface area contributed by atoms with Crippen molar-refractivity contribution in [2.75, 3.05) is 5.32 Å². The Balaban J connectivity index is 1.70. The molecule has 6 heteroatoms. The molecule has 1 aliphatic carbocycles. The van der Waals surface area contributed by atoms with Crippen LogP contribution in [0.25, 0.3) is 0 Å². The monoisotopic (exact) mass is 366 g/mol. The summed E-state index contributed by atoms with van der Waals surface area (Å²) in [6, 6.07) is 14.0. The highest BCUT2D eigenvalue weighted by atomic mass is 16.4. The number of carboxylic acids is 1. The number of nitrogens with one attached hydrogen (secondary N) is 2. The fourth-order valence-corrected chi connectivity index (χ4v) is 2.81. The molecule has 1 fully saturated rings. The van der Waals surface area contributed by atoms with Crippen molar-refractivity contribution in [2.45, 2.75) is 38.1 Å². The van der Waals surface area contributed by atoms with Crippen molar-refractivity contribution in [3.8, 4) is 0 Å². The predicted octanol–water partition coefficient (Wildman–Crippen LogP) is 3.08. The number of aryl methyl sites for hydroxylation is 1. The van der Waals surface area contributed by atoms with Gasteiger partial charge in [0.1, 0.15) is 0 Å². The number of carbonyl (C=O) groups excluding carboxylic acids is 2. The van der Waals surface area contributed by atoms with Crippen molar-refractivity contribution >= 4 is 23.5 Å². The highest BCUT2D eigenvalue weighted by Crippen LogP contribution is 2.23. The average Bonchev–Trinajstić information content (AvgIpc) is 3.46. The van der Waals surface area contributed by atoms with E-state index in [1.165, 1.54) is 0 Å². The first-order chi connectivity index (χ1) is 12.9. The lowest BCUT2D eigenvalue weighted by atomic mass is 9.95. The molecule has 3 N–H and O–H groups in total. The summed E-state index contributed by atoms with van der Waals surface area (Å²) in [6.45, 7) is 1.82. The van der Waals surface area contributed by atoms with Gasteiger partial charge in [0.2, 0.25) is 5.91 Å². The first-order valence-electron chi connectivity index (χ1n) is 8.93. The SMILES string of the molecule is Cc1ccc(C(=O)NC2CC2)cc1NC(=O)C[C@H](C(=O)O)c1ccccc1. The van der Waals surface area contributed by atoms with E-state index in [2.05, 4.69) is 10.6 Å². The number of amides is 2. The Morgan fingerprint density at radius 1 is 1.11 bits per heavy atom. The smallest absolute Gasteiger partial charge is 0.311 e. The Kier molecular flexibility index (Phi) is 5.54. The van der Waals surface area contributed by atoms with E-state index in [0.717, 1.165) is 18.4 Å². The minimum atomic E-state index is -1.05. The average molecular weight is 366 g/mol. The number of hydrogen-bond donors (Lipinski definition) is 3. The molecule has 0 aromatic heterocycles. The maximum atomic E-state index is 12.4. The molecule has 27 heavy (non-hydrogen) atoms. The molecular weight excluding hydrogens is 344 g/mol. The third-order valence-electron chi connectivity index (χ3n) is 4.58. The molecule has 1 atom stereocenters. The highest BCUT2D eigenvalue weighted by Gasteiger charge is 2.25. The van der Waals surface area contributed by atoms with Gasteiger partial charge in [0.25, 0.3) is 5.91 Å². The van der Waals surface area contributed by atoms with Gasteiger partial charge in [0, 0.05) is 23.7 Å². The van der Waals surface area contributed by atoms with Gasteiger partial charge in [-0.1, -0.05) is 36.4 Å². The standard InChI is InChI=1S/C21H22N2O4/c1-13-7-8-15(20(25)22-16-9-10-16)11-18(13)23-19(24)12-17(21(26)27)14-5-3-2-4-6-14/h2-8,11,16-17H,9-10,12H2,1H3,(H,22,25)(H,23,24)(H,26,27)/t17-/m0/s1. The van der Waals surface area contributed by atoms with E-state index in [0.29, 0.717) is 16.8 Å². The molecule has 0 radical (unpaired) electrons. The van der Waals surface area contributed by atoms with Crippen LogP contribution in [0, 0.1) is 6.92 Å². The molecule has 0 bridgehead atoms. The second-order valence-electron chi connectivity index (χ2n) is 6.83. The Morgan fingerprint density at radius 3 is 2.44 bits per heavy atom. The van der Waals surface area contributed by atoms with Crippen LogP contribution in [0.3, 0.4) is 0 Å². The topological polar surface area (TPSA) is 95.5 Å². The molecule has 2 aromatic rings. The summed E-state index contributed by atoms with van der Waals surface area (Å²) < 4.78 is 0. The van der Waals surface area contributed by atoms with Gasteiger partial charge in [0.15, 0.2) is 0 Å². The molecule has 6 nitrogen and oxygen atoms in total. The number of anilines is 1. The van der Waals surface area contributed by atoms with Crippen LogP contribution in [0.2, 0.25) is 0 Å². The Hall–Kier alpha value is -3.15. The number of benzene rings is 2. The van der Waals surface area contributed by atoms with Crippen molar-refractivity contribution in [3.63, 3.8) is 0 Å². The normalized spacial score (nSPS) is 14.3. The van der Waals surface area contributed by atoms with Gasteiger partial charge < -0.3 is 15.7 Å². The molecule has 1 saturated carbocycles. The predicted molar refractivity (Wildman–Crippen MR) is 102 cm³/mol. The summed E-state index contributed by atoms with van der Waals surface area (Å²) in [4.78, 5) is 36.2. The molecule has 0 saturated heterocycles. The largest absolute Gasteiger partial charge is 0.481 e. The van der Waals surface area contributed by atoms with E-state index in [1.807, 2.05) is 6.92 Å². The van der Waals surface area contributed by atoms with Crippen molar-refractivity contribution in [1.29, 1.82) is 0 Å². The maximum absolute atomic E-state index is 12.4. The second-order valence-corrected chi connectivity index (χ2v) is 6.83. The van der Waals surface area contributed by atoms with Crippen LogP contribution in [0.4, 0.5) is 5.69 Å². The fourth-order valence-electron chi connectivity index (χ4n) is 2.81. The fraction of sp³-hybridized carbons (Fsp3) is 0.286. The van der Waals surface area contributed by atoms with Crippen LogP contribution < -0.4 is 10.6 Å². The number of rotatable bonds is 7. The molecule has 0 spiro atoms. The second kappa shape index (κ2) is 8.03. The lowest BCUT2D eigenvalue weighted by Crippen LogP contribution is -2.25. The van der Waals surface area contributed by atoms with Gasteiger partial charge in [-0.05, 0) is 43.0 Å². The number of aliphatic carboxylic acids is 1. The lowest BCUT2D eigenvalue weighted by molar-refractivity contribution is -0.140. The third kappa shape index (κ3) is 4.94. The minimum absolute atomic E-state index is 0.166. The van der Waals surface area contributed by atoms with Crippen LogP contribution in [0.1, 0.15) is 46.7 Å². The van der Waals surface area contributed by atoms with Gasteiger partial charge in [-0.2, -0.15) is 0 Å². The first kappa shape index (κ1) is 18.6. The van der Waals surface area contributed by atoms with Crippen LogP contribution in [-0.2, 0) is 9.59 Å². The Bertz CT molecular complexity index is 860. The van der Waals surface area contributed by atoms with Gasteiger partial charge in [-0.25, -0.2) is 0 Å². The van der Waals surface area contributed by atoms with Crippen molar-refractivity contribution in [1.82, 2.24) is 5.32 Å². The number of carbonyl (C=O) groups is 3. The zero-order valence-electron chi connectivity index (χ0n) is 15.1. The molecule has 0 heterocycles. The van der Waals surface area contributed by atoms with E-state index in [4.69, 9.17) is 0 Å². The molecule has 140 valence electrons. The van der Waals surface area contributed by atoms with Gasteiger partial charge >= 0.3 is 5.97 Å². The van der Waals surface area contributed by atoms with Crippen LogP contribution >= 0.6 is 0 Å². The van der Waals surface area contributed by atoms with Crippen LogP contribution in [-0.4, -0.2) is 28.9 Å². The van der Waals surface area contributed by atoms with E-state index in [9.17, 15) is 19.5 Å². The third-order valence-corrected chi connectivity index (χ3v) is 4.58. The van der Waals surface area contributed by atoms with E-state index < -0.39 is 17.8 Å². The molecular formula is C21H22N2O4. The summed E-state index contributed by atoms with van der Waals surface area (Å²) in [5, 5.41) is 15.1. The molecule has 2 aromatic carbocycles. The van der Waals surface area contributed by atoms with E-state index in [1.54, 1.807) is 48.5 Å². The summed E-state index contributed by atoms with van der Waals surface area (Å²) in [6.07, 6.45) is 1.81. The zero-order chi connectivity index (χ0) is 19.4.